The molecule has 0 unspecified atom stereocenters. The average Bonchev–Trinajstić information content (AvgIpc) is 2.28. The molecule has 5 fully saturated rings. The van der Waals surface area contributed by atoms with Crippen LogP contribution in [0.2, 0.25) is 0 Å². The standard InChI is InChI=1S/C13H21NO2/c1-10-2-12-3-11(1)5-13(4-10,6-12)14-7-15-9-16-8-14/h10-12H,1-9H2. The predicted octanol–water partition coefficient (Wildman–Crippen LogP) is 2.18. The molecule has 1 saturated heterocycles. The van der Waals surface area contributed by atoms with E-state index in [2.05, 4.69) is 4.90 Å². The lowest BCUT2D eigenvalue weighted by Crippen LogP contribution is -2.61. The Morgan fingerprint density at radius 3 is 1.81 bits per heavy atom. The summed E-state index contributed by atoms with van der Waals surface area (Å²) in [6.07, 6.45) is 8.75. The maximum Gasteiger partial charge on any atom is 0.150 e. The molecule has 0 aromatic rings. The van der Waals surface area contributed by atoms with Crippen molar-refractivity contribution in [3.8, 4) is 0 Å². The Bertz CT molecular complexity index is 250. The summed E-state index contributed by atoms with van der Waals surface area (Å²) in [4.78, 5) is 2.49. The van der Waals surface area contributed by atoms with Crippen LogP contribution in [-0.2, 0) is 9.47 Å². The number of hydrogen-bond acceptors (Lipinski definition) is 3. The van der Waals surface area contributed by atoms with Gasteiger partial charge < -0.3 is 9.47 Å². The van der Waals surface area contributed by atoms with Gasteiger partial charge in [-0.15, -0.1) is 0 Å². The first kappa shape index (κ1) is 9.86. The summed E-state index contributed by atoms with van der Waals surface area (Å²) >= 11 is 0. The zero-order chi connectivity index (χ0) is 10.6. The maximum absolute atomic E-state index is 5.48. The van der Waals surface area contributed by atoms with E-state index >= 15 is 0 Å². The molecule has 90 valence electrons. The number of hydrogen-bond donors (Lipinski definition) is 0. The zero-order valence-electron chi connectivity index (χ0n) is 9.86. The second-order valence-electron chi connectivity index (χ2n) is 6.47. The SMILES string of the molecule is C1OCN(C23CC4CC(CC(C4)C2)C3)CO1. The summed E-state index contributed by atoms with van der Waals surface area (Å²) < 4.78 is 11.0. The lowest BCUT2D eigenvalue weighted by atomic mass is 9.52. The van der Waals surface area contributed by atoms with Crippen LogP contribution in [0.3, 0.4) is 0 Å². The topological polar surface area (TPSA) is 21.7 Å². The summed E-state index contributed by atoms with van der Waals surface area (Å²) in [6, 6.07) is 0. The van der Waals surface area contributed by atoms with Gasteiger partial charge in [0.25, 0.3) is 0 Å². The zero-order valence-corrected chi connectivity index (χ0v) is 9.86. The highest BCUT2D eigenvalue weighted by Gasteiger charge is 2.53. The minimum absolute atomic E-state index is 0.454. The Labute approximate surface area is 97.1 Å². The molecule has 5 rings (SSSR count). The van der Waals surface area contributed by atoms with Crippen molar-refractivity contribution in [2.75, 3.05) is 20.3 Å². The monoisotopic (exact) mass is 223 g/mol. The third kappa shape index (κ3) is 1.38. The van der Waals surface area contributed by atoms with Crippen LogP contribution in [0, 0.1) is 17.8 Å². The second kappa shape index (κ2) is 3.44. The van der Waals surface area contributed by atoms with Gasteiger partial charge in [0.15, 0.2) is 0 Å². The van der Waals surface area contributed by atoms with Crippen molar-refractivity contribution in [1.29, 1.82) is 0 Å². The van der Waals surface area contributed by atoms with E-state index in [-0.39, 0.29) is 0 Å². The highest BCUT2D eigenvalue weighted by Crippen LogP contribution is 2.57. The van der Waals surface area contributed by atoms with E-state index in [9.17, 15) is 0 Å². The number of nitrogens with zero attached hydrogens (tertiary/aromatic N) is 1. The van der Waals surface area contributed by atoms with E-state index in [1.165, 1.54) is 38.5 Å². The van der Waals surface area contributed by atoms with Crippen molar-refractivity contribution in [2.24, 2.45) is 17.8 Å². The molecule has 16 heavy (non-hydrogen) atoms. The Kier molecular flexibility index (Phi) is 2.12. The molecule has 3 heteroatoms. The molecule has 5 aliphatic rings. The summed E-state index contributed by atoms with van der Waals surface area (Å²) in [5.41, 5.74) is 0.454. The van der Waals surface area contributed by atoms with Gasteiger partial charge in [0.1, 0.15) is 20.3 Å². The fourth-order valence-corrected chi connectivity index (χ4v) is 5.12. The fraction of sp³-hybridized carbons (Fsp3) is 1.00. The highest BCUT2D eigenvalue weighted by atomic mass is 16.7. The molecular weight excluding hydrogens is 202 g/mol. The fourth-order valence-electron chi connectivity index (χ4n) is 5.12. The van der Waals surface area contributed by atoms with Gasteiger partial charge in [-0.05, 0) is 56.3 Å². The third-order valence-electron chi connectivity index (χ3n) is 5.34. The van der Waals surface area contributed by atoms with Crippen molar-refractivity contribution in [2.45, 2.75) is 44.1 Å². The van der Waals surface area contributed by atoms with E-state index in [1.807, 2.05) is 0 Å². The van der Waals surface area contributed by atoms with Crippen molar-refractivity contribution in [3.05, 3.63) is 0 Å². The van der Waals surface area contributed by atoms with Gasteiger partial charge in [-0.1, -0.05) is 0 Å². The van der Waals surface area contributed by atoms with E-state index in [1.54, 1.807) is 0 Å². The molecule has 1 heterocycles. The van der Waals surface area contributed by atoms with E-state index in [4.69, 9.17) is 9.47 Å². The second-order valence-corrected chi connectivity index (χ2v) is 6.47. The molecule has 3 nitrogen and oxygen atoms in total. The maximum atomic E-state index is 5.48. The molecule has 0 aromatic heterocycles. The van der Waals surface area contributed by atoms with Crippen LogP contribution in [0.4, 0.5) is 0 Å². The quantitative estimate of drug-likeness (QED) is 0.680. The minimum atomic E-state index is 0.454. The first-order chi connectivity index (χ1) is 7.84. The van der Waals surface area contributed by atoms with Crippen LogP contribution >= 0.6 is 0 Å². The Hall–Kier alpha value is -0.120. The van der Waals surface area contributed by atoms with Crippen molar-refractivity contribution in [1.82, 2.24) is 4.90 Å². The van der Waals surface area contributed by atoms with Gasteiger partial charge in [-0.25, -0.2) is 0 Å². The van der Waals surface area contributed by atoms with E-state index in [0.717, 1.165) is 31.2 Å². The lowest BCUT2D eigenvalue weighted by molar-refractivity contribution is -0.237. The lowest BCUT2D eigenvalue weighted by Gasteiger charge is -2.60. The Morgan fingerprint density at radius 1 is 0.812 bits per heavy atom. The van der Waals surface area contributed by atoms with Crippen LogP contribution < -0.4 is 0 Å². The van der Waals surface area contributed by atoms with Crippen LogP contribution in [0.5, 0.6) is 0 Å². The first-order valence-corrected chi connectivity index (χ1v) is 6.75. The number of ether oxygens (including phenoxy) is 2. The molecule has 0 aromatic carbocycles. The van der Waals surface area contributed by atoms with Gasteiger partial charge >= 0.3 is 0 Å². The molecular formula is C13H21NO2. The molecule has 4 saturated carbocycles. The predicted molar refractivity (Wildman–Crippen MR) is 59.5 cm³/mol. The highest BCUT2D eigenvalue weighted by molar-refractivity contribution is 5.06. The Balaban J connectivity index is 1.60. The van der Waals surface area contributed by atoms with Crippen molar-refractivity contribution >= 4 is 0 Å². The van der Waals surface area contributed by atoms with Gasteiger partial charge in [0, 0.05) is 5.54 Å². The van der Waals surface area contributed by atoms with Crippen LogP contribution in [-0.4, -0.2) is 30.7 Å². The van der Waals surface area contributed by atoms with Crippen molar-refractivity contribution in [3.63, 3.8) is 0 Å². The van der Waals surface area contributed by atoms with Gasteiger partial charge in [0.05, 0.1) is 0 Å². The molecule has 0 N–H and O–H groups in total. The van der Waals surface area contributed by atoms with Crippen LogP contribution in [0.15, 0.2) is 0 Å². The largest absolute Gasteiger partial charge is 0.340 e. The smallest absolute Gasteiger partial charge is 0.150 e. The van der Waals surface area contributed by atoms with Gasteiger partial charge in [-0.2, -0.15) is 0 Å². The molecule has 0 atom stereocenters. The third-order valence-corrected chi connectivity index (χ3v) is 5.34. The summed E-state index contributed by atoms with van der Waals surface area (Å²) in [6.45, 7) is 2.08. The molecule has 1 aliphatic heterocycles. The van der Waals surface area contributed by atoms with Crippen LogP contribution in [0.25, 0.3) is 0 Å². The van der Waals surface area contributed by atoms with E-state index < -0.39 is 0 Å². The Morgan fingerprint density at radius 2 is 1.31 bits per heavy atom. The van der Waals surface area contributed by atoms with Crippen LogP contribution in [0.1, 0.15) is 38.5 Å². The summed E-state index contributed by atoms with van der Waals surface area (Å²) in [5, 5.41) is 0. The molecule has 4 bridgehead atoms. The average molecular weight is 223 g/mol. The van der Waals surface area contributed by atoms with Gasteiger partial charge in [0.2, 0.25) is 0 Å². The molecule has 0 spiro atoms. The summed E-state index contributed by atoms with van der Waals surface area (Å²) in [7, 11) is 0. The van der Waals surface area contributed by atoms with E-state index in [0.29, 0.717) is 12.3 Å². The van der Waals surface area contributed by atoms with Gasteiger partial charge in [-0.3, -0.25) is 4.90 Å². The molecule has 0 amide bonds. The minimum Gasteiger partial charge on any atom is -0.340 e. The molecule has 4 aliphatic carbocycles. The first-order valence-electron chi connectivity index (χ1n) is 6.75. The number of rotatable bonds is 1. The molecule has 0 radical (unpaired) electrons. The van der Waals surface area contributed by atoms with Crippen molar-refractivity contribution < 1.29 is 9.47 Å². The normalized spacial score (nSPS) is 52.1. The summed E-state index contributed by atoms with van der Waals surface area (Å²) in [5.74, 6) is 3.02.